The van der Waals surface area contributed by atoms with Crippen LogP contribution in [-0.2, 0) is 14.9 Å². The second kappa shape index (κ2) is 15.4. The van der Waals surface area contributed by atoms with E-state index in [0.29, 0.717) is 6.26 Å². The van der Waals surface area contributed by atoms with Gasteiger partial charge in [0.2, 0.25) is 0 Å². The molecule has 6 heteroatoms. The molecule has 142 valence electrons. The average molecular weight is 354 g/mol. The molecule has 0 aromatic rings. The number of hydrogen-bond acceptors (Lipinski definition) is 4. The van der Waals surface area contributed by atoms with Crippen LogP contribution in [0.1, 0.15) is 64.7 Å². The molecule has 0 fully saturated rings. The minimum Gasteiger partial charge on any atom is -0.748 e. The van der Waals surface area contributed by atoms with Crippen molar-refractivity contribution in [1.29, 1.82) is 0 Å². The Morgan fingerprint density at radius 3 is 1.61 bits per heavy atom. The van der Waals surface area contributed by atoms with Crippen LogP contribution < -0.4 is 0 Å². The summed E-state index contributed by atoms with van der Waals surface area (Å²) in [6, 6.07) is 0. The summed E-state index contributed by atoms with van der Waals surface area (Å²) in [6.45, 7) is 5.24. The van der Waals surface area contributed by atoms with Gasteiger partial charge in [0.25, 0.3) is 0 Å². The highest BCUT2D eigenvalue weighted by molar-refractivity contribution is 7.84. The summed E-state index contributed by atoms with van der Waals surface area (Å²) in [6.07, 6.45) is 13.1. The topological polar surface area (TPSA) is 66.4 Å². The van der Waals surface area contributed by atoms with E-state index in [0.717, 1.165) is 24.2 Å². The Morgan fingerprint density at radius 1 is 0.826 bits per heavy atom. The summed E-state index contributed by atoms with van der Waals surface area (Å²) in [5, 5.41) is 0. The molecular weight excluding hydrogens is 314 g/mol. The Labute approximate surface area is 144 Å². The third-order valence-corrected chi connectivity index (χ3v) is 3.30. The summed E-state index contributed by atoms with van der Waals surface area (Å²) in [5.41, 5.74) is 0. The molecule has 0 amide bonds. The van der Waals surface area contributed by atoms with Crippen LogP contribution >= 0.6 is 0 Å². The minimum absolute atomic E-state index is 0.604. The first-order valence-electron chi connectivity index (χ1n) is 8.85. The number of quaternary nitrogens is 1. The number of unbranched alkanes of at least 4 members (excludes halogenated alkanes) is 8. The first-order chi connectivity index (χ1) is 10.6. The van der Waals surface area contributed by atoms with Gasteiger partial charge in [-0.25, -0.2) is 8.42 Å². The molecule has 0 bridgehead atoms. The third kappa shape index (κ3) is 39.0. The van der Waals surface area contributed by atoms with Crippen molar-refractivity contribution in [3.63, 3.8) is 0 Å². The Balaban J connectivity index is 0. The lowest BCUT2D eigenvalue weighted by Gasteiger charge is -2.23. The van der Waals surface area contributed by atoms with Crippen LogP contribution in [0.5, 0.6) is 0 Å². The van der Waals surface area contributed by atoms with Crippen LogP contribution in [0.2, 0.25) is 0 Å². The van der Waals surface area contributed by atoms with Gasteiger partial charge in [-0.05, 0) is 6.42 Å². The van der Waals surface area contributed by atoms with Gasteiger partial charge in [0, 0.05) is 12.9 Å². The Bertz CT molecular complexity index is 329. The van der Waals surface area contributed by atoms with E-state index in [4.69, 9.17) is 17.7 Å². The van der Waals surface area contributed by atoms with Gasteiger partial charge in [-0.2, -0.15) is 0 Å². The average Bonchev–Trinajstić information content (AvgIpc) is 2.37. The molecule has 0 aliphatic rings. The SMILES string of the molecule is CCCCCCCCCCCOCC[N+](C)(C)C.CS(=O)(=O)[O-]. The molecule has 0 aliphatic heterocycles. The number of likely N-dealkylation sites (N-methyl/N-ethyl adjacent to an activating group) is 1. The molecule has 0 heterocycles. The van der Waals surface area contributed by atoms with Crippen molar-refractivity contribution in [2.45, 2.75) is 64.7 Å². The van der Waals surface area contributed by atoms with E-state index in [9.17, 15) is 0 Å². The maximum atomic E-state index is 9.08. The molecule has 0 rings (SSSR count). The molecule has 0 radical (unpaired) electrons. The summed E-state index contributed by atoms with van der Waals surface area (Å²) >= 11 is 0. The van der Waals surface area contributed by atoms with Crippen molar-refractivity contribution >= 4 is 10.1 Å². The molecule has 0 saturated carbocycles. The van der Waals surface area contributed by atoms with Crippen LogP contribution in [0.15, 0.2) is 0 Å². The van der Waals surface area contributed by atoms with Gasteiger partial charge >= 0.3 is 0 Å². The van der Waals surface area contributed by atoms with Gasteiger partial charge in [-0.3, -0.25) is 0 Å². The largest absolute Gasteiger partial charge is 0.748 e. The third-order valence-electron chi connectivity index (χ3n) is 3.30. The number of rotatable bonds is 13. The van der Waals surface area contributed by atoms with E-state index >= 15 is 0 Å². The molecule has 0 N–H and O–H groups in total. The molecule has 0 aliphatic carbocycles. The fourth-order valence-corrected chi connectivity index (χ4v) is 1.96. The quantitative estimate of drug-likeness (QED) is 0.289. The second-order valence-electron chi connectivity index (χ2n) is 7.16. The van der Waals surface area contributed by atoms with Gasteiger partial charge in [0.1, 0.15) is 6.54 Å². The predicted octanol–water partition coefficient (Wildman–Crippen LogP) is 3.40. The smallest absolute Gasteiger partial charge is 0.102 e. The van der Waals surface area contributed by atoms with Crippen molar-refractivity contribution in [2.24, 2.45) is 0 Å². The molecule has 23 heavy (non-hydrogen) atoms. The first-order valence-corrected chi connectivity index (χ1v) is 10.7. The maximum absolute atomic E-state index is 9.08. The zero-order valence-corrected chi connectivity index (χ0v) is 16.8. The molecule has 0 atom stereocenters. The van der Waals surface area contributed by atoms with E-state index in [1.54, 1.807) is 0 Å². The van der Waals surface area contributed by atoms with E-state index in [-0.39, 0.29) is 0 Å². The van der Waals surface area contributed by atoms with Crippen molar-refractivity contribution in [2.75, 3.05) is 47.2 Å². The molecule has 0 spiro atoms. The summed E-state index contributed by atoms with van der Waals surface area (Å²) in [5.74, 6) is 0. The highest BCUT2D eigenvalue weighted by Crippen LogP contribution is 2.09. The lowest BCUT2D eigenvalue weighted by Crippen LogP contribution is -2.37. The van der Waals surface area contributed by atoms with E-state index in [2.05, 4.69) is 28.1 Å². The summed E-state index contributed by atoms with van der Waals surface area (Å²) in [4.78, 5) is 0. The second-order valence-corrected chi connectivity index (χ2v) is 8.57. The van der Waals surface area contributed by atoms with Crippen LogP contribution in [-0.4, -0.2) is 64.6 Å². The lowest BCUT2D eigenvalue weighted by atomic mass is 10.1. The number of ether oxygens (including phenoxy) is 1. The molecule has 5 nitrogen and oxygen atoms in total. The van der Waals surface area contributed by atoms with Crippen LogP contribution in [0.25, 0.3) is 0 Å². The van der Waals surface area contributed by atoms with Crippen molar-refractivity contribution < 1.29 is 22.2 Å². The molecular formula is C17H39NO4S. The van der Waals surface area contributed by atoms with Crippen LogP contribution in [0, 0.1) is 0 Å². The fourth-order valence-electron chi connectivity index (χ4n) is 1.96. The monoisotopic (exact) mass is 353 g/mol. The zero-order valence-electron chi connectivity index (χ0n) is 16.0. The highest BCUT2D eigenvalue weighted by atomic mass is 32.2. The number of nitrogens with zero attached hydrogens (tertiary/aromatic N) is 1. The van der Waals surface area contributed by atoms with Crippen LogP contribution in [0.3, 0.4) is 0 Å². The van der Waals surface area contributed by atoms with Gasteiger partial charge in [0.05, 0.1) is 37.9 Å². The van der Waals surface area contributed by atoms with Crippen molar-refractivity contribution in [1.82, 2.24) is 0 Å². The molecule has 0 unspecified atom stereocenters. The van der Waals surface area contributed by atoms with Gasteiger partial charge in [-0.1, -0.05) is 58.3 Å². The Kier molecular flexibility index (Phi) is 16.7. The lowest BCUT2D eigenvalue weighted by molar-refractivity contribution is -0.870. The standard InChI is InChI=1S/C16H36NO.CH4O3S/c1-5-6-7-8-9-10-11-12-13-15-18-16-14-17(2,3)4;1-5(2,3)4/h5-16H2,1-4H3;1H3,(H,2,3,4)/q+1;/p-1. The Hall–Kier alpha value is -0.170. The minimum atomic E-state index is -3.92. The number of hydrogen-bond donors (Lipinski definition) is 0. The summed E-state index contributed by atoms with van der Waals surface area (Å²) in [7, 11) is 2.71. The first kappa shape index (κ1) is 25.1. The van der Waals surface area contributed by atoms with E-state index in [1.165, 1.54) is 57.8 Å². The van der Waals surface area contributed by atoms with Crippen molar-refractivity contribution in [3.05, 3.63) is 0 Å². The fraction of sp³-hybridized carbons (Fsp3) is 1.00. The van der Waals surface area contributed by atoms with E-state index < -0.39 is 10.1 Å². The van der Waals surface area contributed by atoms with E-state index in [1.807, 2.05) is 0 Å². The summed E-state index contributed by atoms with van der Waals surface area (Å²) < 4.78 is 33.9. The van der Waals surface area contributed by atoms with Gasteiger partial charge in [0.15, 0.2) is 0 Å². The van der Waals surface area contributed by atoms with Gasteiger partial charge < -0.3 is 13.8 Å². The maximum Gasteiger partial charge on any atom is 0.102 e. The molecule has 0 aromatic carbocycles. The van der Waals surface area contributed by atoms with Crippen LogP contribution in [0.4, 0.5) is 0 Å². The zero-order chi connectivity index (χ0) is 18.2. The highest BCUT2D eigenvalue weighted by Gasteiger charge is 2.05. The Morgan fingerprint density at radius 2 is 1.22 bits per heavy atom. The molecule has 0 saturated heterocycles. The predicted molar refractivity (Wildman–Crippen MR) is 96.6 cm³/mol. The van der Waals surface area contributed by atoms with Crippen molar-refractivity contribution in [3.8, 4) is 0 Å². The molecule has 0 aromatic heterocycles. The normalized spacial score (nSPS) is 11.9. The van der Waals surface area contributed by atoms with Gasteiger partial charge in [-0.15, -0.1) is 0 Å².